The van der Waals surface area contributed by atoms with Crippen molar-refractivity contribution in [1.82, 2.24) is 5.32 Å². The van der Waals surface area contributed by atoms with Gasteiger partial charge in [0.05, 0.1) is 24.9 Å². The largest absolute Gasteiger partial charge is 0.374 e. The maximum absolute atomic E-state index is 5.96. The molecule has 0 saturated heterocycles. The molecule has 3 nitrogen and oxygen atoms in total. The first-order valence-corrected chi connectivity index (χ1v) is 7.02. The maximum atomic E-state index is 5.96. The zero-order valence-corrected chi connectivity index (χ0v) is 11.9. The van der Waals surface area contributed by atoms with Crippen LogP contribution in [-0.4, -0.2) is 37.5 Å². The summed E-state index contributed by atoms with van der Waals surface area (Å²) in [4.78, 5) is 0. The van der Waals surface area contributed by atoms with Gasteiger partial charge in [-0.2, -0.15) is 0 Å². The highest BCUT2D eigenvalue weighted by Gasteiger charge is 2.24. The van der Waals surface area contributed by atoms with E-state index in [1.54, 1.807) is 0 Å². The smallest absolute Gasteiger partial charge is 0.0729 e. The fourth-order valence-corrected chi connectivity index (χ4v) is 2.34. The normalized spacial score (nSPS) is 26.1. The minimum Gasteiger partial charge on any atom is -0.374 e. The van der Waals surface area contributed by atoms with Gasteiger partial charge < -0.3 is 14.8 Å². The highest BCUT2D eigenvalue weighted by Crippen LogP contribution is 2.21. The van der Waals surface area contributed by atoms with Crippen molar-refractivity contribution in [3.05, 3.63) is 0 Å². The van der Waals surface area contributed by atoms with E-state index in [1.165, 1.54) is 25.7 Å². The van der Waals surface area contributed by atoms with Gasteiger partial charge >= 0.3 is 0 Å². The molecule has 1 N–H and O–H groups in total. The molecule has 1 aliphatic rings. The predicted octanol–water partition coefficient (Wildman–Crippen LogP) is 2.74. The van der Waals surface area contributed by atoms with Gasteiger partial charge in [0.1, 0.15) is 0 Å². The van der Waals surface area contributed by atoms with E-state index in [2.05, 4.69) is 33.0 Å². The van der Waals surface area contributed by atoms with Gasteiger partial charge in [-0.25, -0.2) is 0 Å². The van der Waals surface area contributed by atoms with E-state index in [9.17, 15) is 0 Å². The summed E-state index contributed by atoms with van der Waals surface area (Å²) in [5.41, 5.74) is -0.0585. The van der Waals surface area contributed by atoms with E-state index < -0.39 is 0 Å². The van der Waals surface area contributed by atoms with Gasteiger partial charge in [0, 0.05) is 6.04 Å². The molecule has 1 aliphatic carbocycles. The van der Waals surface area contributed by atoms with Gasteiger partial charge in [-0.05, 0) is 40.2 Å². The van der Waals surface area contributed by atoms with Crippen molar-refractivity contribution in [2.75, 3.05) is 19.8 Å². The van der Waals surface area contributed by atoms with Crippen LogP contribution >= 0.6 is 0 Å². The Morgan fingerprint density at radius 2 is 1.82 bits per heavy atom. The van der Waals surface area contributed by atoms with Crippen LogP contribution < -0.4 is 5.32 Å². The van der Waals surface area contributed by atoms with Crippen molar-refractivity contribution >= 4 is 0 Å². The fourth-order valence-electron chi connectivity index (χ4n) is 2.34. The molecule has 1 saturated carbocycles. The molecule has 2 atom stereocenters. The van der Waals surface area contributed by atoms with E-state index in [-0.39, 0.29) is 5.60 Å². The molecule has 0 amide bonds. The molecule has 1 rings (SSSR count). The molecule has 3 heteroatoms. The number of likely N-dealkylation sites (N-methyl/N-ethyl adjacent to an activating group) is 1. The Hall–Kier alpha value is -0.120. The van der Waals surface area contributed by atoms with Crippen molar-refractivity contribution in [3.63, 3.8) is 0 Å². The van der Waals surface area contributed by atoms with Crippen LogP contribution in [0.1, 0.15) is 53.4 Å². The molecular weight excluding hydrogens is 214 g/mol. The average molecular weight is 243 g/mol. The molecule has 0 spiro atoms. The molecule has 0 bridgehead atoms. The zero-order chi connectivity index (χ0) is 12.7. The second kappa shape index (κ2) is 7.34. The molecule has 0 radical (unpaired) electrons. The van der Waals surface area contributed by atoms with Crippen LogP contribution in [0.15, 0.2) is 0 Å². The number of ether oxygens (including phenoxy) is 2. The lowest BCUT2D eigenvalue weighted by molar-refractivity contribution is -0.0645. The molecule has 1 fully saturated rings. The third kappa shape index (κ3) is 6.39. The highest BCUT2D eigenvalue weighted by molar-refractivity contribution is 4.81. The van der Waals surface area contributed by atoms with Gasteiger partial charge in [-0.3, -0.25) is 0 Å². The third-order valence-corrected chi connectivity index (χ3v) is 3.12. The van der Waals surface area contributed by atoms with E-state index in [0.717, 1.165) is 6.54 Å². The minimum absolute atomic E-state index is 0.0585. The molecule has 2 unspecified atom stereocenters. The van der Waals surface area contributed by atoms with Crippen LogP contribution in [0.25, 0.3) is 0 Å². The fraction of sp³-hybridized carbons (Fsp3) is 1.00. The number of hydrogen-bond acceptors (Lipinski definition) is 3. The first-order chi connectivity index (χ1) is 8.03. The minimum atomic E-state index is -0.0585. The lowest BCUT2D eigenvalue weighted by Crippen LogP contribution is -2.44. The monoisotopic (exact) mass is 243 g/mol. The number of hydrogen-bond donors (Lipinski definition) is 1. The summed E-state index contributed by atoms with van der Waals surface area (Å²) in [6.45, 7) is 10.8. The van der Waals surface area contributed by atoms with Crippen LogP contribution in [0.5, 0.6) is 0 Å². The van der Waals surface area contributed by atoms with E-state index in [4.69, 9.17) is 9.47 Å². The second-order valence-corrected chi connectivity index (χ2v) is 5.82. The van der Waals surface area contributed by atoms with Crippen molar-refractivity contribution in [1.29, 1.82) is 0 Å². The third-order valence-electron chi connectivity index (χ3n) is 3.12. The van der Waals surface area contributed by atoms with Crippen LogP contribution in [0.2, 0.25) is 0 Å². The van der Waals surface area contributed by atoms with Crippen LogP contribution in [0.3, 0.4) is 0 Å². The molecule has 17 heavy (non-hydrogen) atoms. The maximum Gasteiger partial charge on any atom is 0.0729 e. The zero-order valence-electron chi connectivity index (χ0n) is 11.9. The van der Waals surface area contributed by atoms with Gasteiger partial charge in [-0.1, -0.05) is 19.8 Å². The summed E-state index contributed by atoms with van der Waals surface area (Å²) in [5.74, 6) is 0. The second-order valence-electron chi connectivity index (χ2n) is 5.82. The molecule has 0 aromatic rings. The van der Waals surface area contributed by atoms with Crippen molar-refractivity contribution < 1.29 is 9.47 Å². The quantitative estimate of drug-likeness (QED) is 0.728. The summed E-state index contributed by atoms with van der Waals surface area (Å²) in [6, 6.07) is 0.545. The van der Waals surface area contributed by atoms with E-state index in [0.29, 0.717) is 25.4 Å². The average Bonchev–Trinajstić information content (AvgIpc) is 2.25. The summed E-state index contributed by atoms with van der Waals surface area (Å²) in [5, 5.41) is 3.53. The van der Waals surface area contributed by atoms with Gasteiger partial charge in [0.25, 0.3) is 0 Å². The Morgan fingerprint density at radius 1 is 1.12 bits per heavy atom. The first kappa shape index (κ1) is 14.9. The number of rotatable bonds is 6. The topological polar surface area (TPSA) is 30.5 Å². The standard InChI is InChI=1S/C14H29NO2/c1-5-15-12-8-6-7-9-13(12)16-10-11-17-14(2,3)4/h12-13,15H,5-11H2,1-4H3. The van der Waals surface area contributed by atoms with E-state index >= 15 is 0 Å². The van der Waals surface area contributed by atoms with Gasteiger partial charge in [-0.15, -0.1) is 0 Å². The molecule has 0 aliphatic heterocycles. The summed E-state index contributed by atoms with van der Waals surface area (Å²) < 4.78 is 11.6. The predicted molar refractivity (Wildman–Crippen MR) is 71.4 cm³/mol. The Bertz CT molecular complexity index is 199. The summed E-state index contributed by atoms with van der Waals surface area (Å²) >= 11 is 0. The van der Waals surface area contributed by atoms with Crippen LogP contribution in [-0.2, 0) is 9.47 Å². The molecule has 102 valence electrons. The van der Waals surface area contributed by atoms with Crippen molar-refractivity contribution in [2.45, 2.75) is 71.1 Å². The van der Waals surface area contributed by atoms with Gasteiger partial charge in [0.15, 0.2) is 0 Å². The molecule has 0 aromatic carbocycles. The summed E-state index contributed by atoms with van der Waals surface area (Å²) in [7, 11) is 0. The first-order valence-electron chi connectivity index (χ1n) is 7.02. The Morgan fingerprint density at radius 3 is 2.47 bits per heavy atom. The van der Waals surface area contributed by atoms with Crippen molar-refractivity contribution in [3.8, 4) is 0 Å². The van der Waals surface area contributed by atoms with Gasteiger partial charge in [0.2, 0.25) is 0 Å². The highest BCUT2D eigenvalue weighted by atomic mass is 16.5. The Balaban J connectivity index is 2.19. The molecule has 0 heterocycles. The van der Waals surface area contributed by atoms with Crippen molar-refractivity contribution in [2.24, 2.45) is 0 Å². The lowest BCUT2D eigenvalue weighted by atomic mass is 9.92. The molecule has 0 aromatic heterocycles. The molecular formula is C14H29NO2. The lowest BCUT2D eigenvalue weighted by Gasteiger charge is -2.32. The Labute approximate surface area is 106 Å². The van der Waals surface area contributed by atoms with E-state index in [1.807, 2.05) is 0 Å². The van der Waals surface area contributed by atoms with Crippen LogP contribution in [0.4, 0.5) is 0 Å². The number of nitrogens with one attached hydrogen (secondary N) is 1. The SMILES string of the molecule is CCNC1CCCCC1OCCOC(C)(C)C. The Kier molecular flexibility index (Phi) is 6.45. The summed E-state index contributed by atoms with van der Waals surface area (Å²) in [6.07, 6.45) is 5.45. The van der Waals surface area contributed by atoms with Crippen LogP contribution in [0, 0.1) is 0 Å².